The molecule has 0 aliphatic carbocycles. The first-order valence-electron chi connectivity index (χ1n) is 9.01. The predicted octanol–water partition coefficient (Wildman–Crippen LogP) is 4.28. The van der Waals surface area contributed by atoms with Gasteiger partial charge < -0.3 is 4.90 Å². The Morgan fingerprint density at radius 1 is 0.963 bits per heavy atom. The molecule has 0 atom stereocenters. The number of benzene rings is 3. The zero-order valence-electron chi connectivity index (χ0n) is 15.2. The van der Waals surface area contributed by atoms with Crippen LogP contribution in [0.4, 0.5) is 5.69 Å². The number of nitrogens with zero attached hydrogens (tertiary/aromatic N) is 2. The lowest BCUT2D eigenvalue weighted by Gasteiger charge is -2.17. The van der Waals surface area contributed by atoms with Crippen molar-refractivity contribution in [2.24, 2.45) is 5.10 Å². The Morgan fingerprint density at radius 3 is 2.48 bits per heavy atom. The quantitative estimate of drug-likeness (QED) is 0.561. The highest BCUT2D eigenvalue weighted by atomic mass is 16.2. The Labute approximate surface area is 159 Å². The molecule has 1 aliphatic heterocycles. The van der Waals surface area contributed by atoms with E-state index in [-0.39, 0.29) is 5.91 Å². The standard InChI is InChI=1S/C23H21N3O/c1-17-7-11-22(12-8-17)26-15-20-10-9-19(13-21(20)16-26)23(27)25-24-14-18-5-3-2-4-6-18/h2-14H,15-16H2,1H3,(H,25,27)/b24-14+. The maximum Gasteiger partial charge on any atom is 0.271 e. The van der Waals surface area contributed by atoms with Gasteiger partial charge in [-0.1, -0.05) is 54.1 Å². The highest BCUT2D eigenvalue weighted by Crippen LogP contribution is 2.29. The number of anilines is 1. The topological polar surface area (TPSA) is 44.7 Å². The molecule has 1 amide bonds. The van der Waals surface area contributed by atoms with Crippen LogP contribution in [0, 0.1) is 6.92 Å². The molecule has 1 aliphatic rings. The van der Waals surface area contributed by atoms with Gasteiger partial charge in [0.25, 0.3) is 5.91 Å². The second kappa shape index (κ2) is 7.46. The summed E-state index contributed by atoms with van der Waals surface area (Å²) in [5, 5.41) is 4.05. The number of aryl methyl sites for hydroxylation is 1. The van der Waals surface area contributed by atoms with Crippen LogP contribution in [0.15, 0.2) is 77.9 Å². The summed E-state index contributed by atoms with van der Waals surface area (Å²) in [5.41, 5.74) is 9.09. The molecule has 4 rings (SSSR count). The van der Waals surface area contributed by atoms with Gasteiger partial charge in [0, 0.05) is 24.3 Å². The Balaban J connectivity index is 1.43. The molecule has 0 radical (unpaired) electrons. The number of rotatable bonds is 4. The molecule has 0 saturated heterocycles. The van der Waals surface area contributed by atoms with E-state index in [0.717, 1.165) is 18.7 Å². The van der Waals surface area contributed by atoms with Gasteiger partial charge in [-0.05, 0) is 47.9 Å². The van der Waals surface area contributed by atoms with Gasteiger partial charge in [0.1, 0.15) is 0 Å². The highest BCUT2D eigenvalue weighted by Gasteiger charge is 2.20. The summed E-state index contributed by atoms with van der Waals surface area (Å²) in [4.78, 5) is 14.7. The summed E-state index contributed by atoms with van der Waals surface area (Å²) >= 11 is 0. The van der Waals surface area contributed by atoms with E-state index < -0.39 is 0 Å². The molecule has 3 aromatic carbocycles. The van der Waals surface area contributed by atoms with Crippen molar-refractivity contribution in [1.29, 1.82) is 0 Å². The fraction of sp³-hybridized carbons (Fsp3) is 0.130. The molecule has 134 valence electrons. The first-order chi connectivity index (χ1) is 13.2. The minimum Gasteiger partial charge on any atom is -0.363 e. The lowest BCUT2D eigenvalue weighted by Crippen LogP contribution is -2.17. The SMILES string of the molecule is Cc1ccc(N2Cc3ccc(C(=O)N/N=C/c4ccccc4)cc3C2)cc1. The van der Waals surface area contributed by atoms with Crippen molar-refractivity contribution in [2.45, 2.75) is 20.0 Å². The maximum atomic E-state index is 12.4. The molecule has 0 bridgehead atoms. The van der Waals surface area contributed by atoms with E-state index >= 15 is 0 Å². The van der Waals surface area contributed by atoms with Gasteiger partial charge >= 0.3 is 0 Å². The van der Waals surface area contributed by atoms with Crippen LogP contribution in [0.1, 0.15) is 32.6 Å². The third kappa shape index (κ3) is 3.90. The summed E-state index contributed by atoms with van der Waals surface area (Å²) in [6, 6.07) is 24.1. The molecular formula is C23H21N3O. The van der Waals surface area contributed by atoms with Crippen molar-refractivity contribution in [3.63, 3.8) is 0 Å². The van der Waals surface area contributed by atoms with Crippen molar-refractivity contribution in [2.75, 3.05) is 4.90 Å². The molecule has 4 heteroatoms. The number of carbonyl (C=O) groups is 1. The number of fused-ring (bicyclic) bond motifs is 1. The zero-order chi connectivity index (χ0) is 18.6. The highest BCUT2D eigenvalue weighted by molar-refractivity contribution is 5.95. The second-order valence-electron chi connectivity index (χ2n) is 6.78. The molecule has 1 heterocycles. The second-order valence-corrected chi connectivity index (χ2v) is 6.78. The van der Waals surface area contributed by atoms with E-state index in [1.54, 1.807) is 6.21 Å². The van der Waals surface area contributed by atoms with E-state index in [2.05, 4.69) is 46.6 Å². The number of amides is 1. The van der Waals surface area contributed by atoms with Gasteiger partial charge in [-0.2, -0.15) is 5.10 Å². The fourth-order valence-corrected chi connectivity index (χ4v) is 3.24. The Morgan fingerprint density at radius 2 is 1.70 bits per heavy atom. The largest absolute Gasteiger partial charge is 0.363 e. The van der Waals surface area contributed by atoms with Gasteiger partial charge in [-0.25, -0.2) is 5.43 Å². The fourth-order valence-electron chi connectivity index (χ4n) is 3.24. The molecule has 3 aromatic rings. The average molecular weight is 355 g/mol. The molecule has 0 spiro atoms. The zero-order valence-corrected chi connectivity index (χ0v) is 15.2. The number of carbonyl (C=O) groups excluding carboxylic acids is 1. The lowest BCUT2D eigenvalue weighted by molar-refractivity contribution is 0.0955. The van der Waals surface area contributed by atoms with Gasteiger partial charge in [-0.15, -0.1) is 0 Å². The average Bonchev–Trinajstić information content (AvgIpc) is 3.12. The maximum absolute atomic E-state index is 12.4. The molecule has 0 fully saturated rings. The van der Waals surface area contributed by atoms with Crippen LogP contribution in [0.25, 0.3) is 0 Å². The van der Waals surface area contributed by atoms with E-state index in [0.29, 0.717) is 5.56 Å². The molecule has 0 aromatic heterocycles. The number of hydrogen-bond donors (Lipinski definition) is 1. The van der Waals surface area contributed by atoms with Crippen LogP contribution in [-0.2, 0) is 13.1 Å². The van der Waals surface area contributed by atoms with E-state index in [9.17, 15) is 4.79 Å². The first-order valence-corrected chi connectivity index (χ1v) is 9.01. The Bertz CT molecular complexity index is 978. The third-order valence-electron chi connectivity index (χ3n) is 4.77. The number of hydrazone groups is 1. The first kappa shape index (κ1) is 17.0. The van der Waals surface area contributed by atoms with Gasteiger partial charge in [-0.3, -0.25) is 4.79 Å². The predicted molar refractivity (Wildman–Crippen MR) is 109 cm³/mol. The molecule has 1 N–H and O–H groups in total. The van der Waals surface area contributed by atoms with Crippen LogP contribution >= 0.6 is 0 Å². The van der Waals surface area contributed by atoms with Crippen molar-refractivity contribution in [1.82, 2.24) is 5.43 Å². The van der Waals surface area contributed by atoms with Crippen LogP contribution in [0.2, 0.25) is 0 Å². The molecule has 0 unspecified atom stereocenters. The van der Waals surface area contributed by atoms with Crippen LogP contribution in [-0.4, -0.2) is 12.1 Å². The van der Waals surface area contributed by atoms with Crippen molar-refractivity contribution in [3.8, 4) is 0 Å². The lowest BCUT2D eigenvalue weighted by atomic mass is 10.1. The van der Waals surface area contributed by atoms with Gasteiger partial charge in [0.2, 0.25) is 0 Å². The molecule has 4 nitrogen and oxygen atoms in total. The Kier molecular flexibility index (Phi) is 4.71. The number of nitrogens with one attached hydrogen (secondary N) is 1. The smallest absolute Gasteiger partial charge is 0.271 e. The van der Waals surface area contributed by atoms with E-state index in [4.69, 9.17) is 0 Å². The van der Waals surface area contributed by atoms with Gasteiger partial charge in [0.15, 0.2) is 0 Å². The van der Waals surface area contributed by atoms with Crippen molar-refractivity contribution in [3.05, 3.63) is 101 Å². The van der Waals surface area contributed by atoms with Crippen LogP contribution in [0.3, 0.4) is 0 Å². The summed E-state index contributed by atoms with van der Waals surface area (Å²) < 4.78 is 0. The molecule has 0 saturated carbocycles. The Hall–Kier alpha value is -3.40. The van der Waals surface area contributed by atoms with E-state index in [1.165, 1.54) is 22.4 Å². The van der Waals surface area contributed by atoms with Crippen LogP contribution < -0.4 is 10.3 Å². The van der Waals surface area contributed by atoms with Crippen LogP contribution in [0.5, 0.6) is 0 Å². The van der Waals surface area contributed by atoms with Gasteiger partial charge in [0.05, 0.1) is 6.21 Å². The summed E-state index contributed by atoms with van der Waals surface area (Å²) in [6.45, 7) is 3.77. The minimum atomic E-state index is -0.196. The molecule has 27 heavy (non-hydrogen) atoms. The normalized spacial score (nSPS) is 13.0. The summed E-state index contributed by atoms with van der Waals surface area (Å²) in [5.74, 6) is -0.196. The number of hydrogen-bond acceptors (Lipinski definition) is 3. The molecular weight excluding hydrogens is 334 g/mol. The van der Waals surface area contributed by atoms with Crippen molar-refractivity contribution < 1.29 is 4.79 Å². The van der Waals surface area contributed by atoms with Crippen molar-refractivity contribution >= 4 is 17.8 Å². The summed E-state index contributed by atoms with van der Waals surface area (Å²) in [6.07, 6.45) is 1.64. The summed E-state index contributed by atoms with van der Waals surface area (Å²) in [7, 11) is 0. The minimum absolute atomic E-state index is 0.196. The monoisotopic (exact) mass is 355 g/mol. The van der Waals surface area contributed by atoms with E-state index in [1.807, 2.05) is 48.5 Å². The third-order valence-corrected chi connectivity index (χ3v) is 4.77.